The van der Waals surface area contributed by atoms with Crippen LogP contribution in [0.3, 0.4) is 0 Å². The molecule has 2 aliphatic rings. The maximum absolute atomic E-state index is 11.0. The first-order valence-electron chi connectivity index (χ1n) is 9.41. The average Bonchev–Trinajstić information content (AvgIpc) is 3.34. The van der Waals surface area contributed by atoms with E-state index in [4.69, 9.17) is 4.74 Å². The molecule has 1 aromatic heterocycles. The molecule has 1 N–H and O–H groups in total. The predicted octanol–water partition coefficient (Wildman–Crippen LogP) is 1.99. The van der Waals surface area contributed by atoms with Crippen molar-refractivity contribution >= 4 is 22.4 Å². The summed E-state index contributed by atoms with van der Waals surface area (Å²) in [5.74, 6) is 1.00. The van der Waals surface area contributed by atoms with Crippen molar-refractivity contribution in [1.29, 1.82) is 0 Å². The number of nitrogens with one attached hydrogen (secondary N) is 1. The maximum Gasteiger partial charge on any atom is 0.217 e. The molecule has 1 amide bonds. The second kappa shape index (κ2) is 7.82. The number of aromatic nitrogens is 2. The second-order valence-electron chi connectivity index (χ2n) is 7.05. The van der Waals surface area contributed by atoms with Crippen LogP contribution in [0.2, 0.25) is 0 Å². The molecule has 0 saturated carbocycles. The number of carbonyl (C=O) groups is 1. The first kappa shape index (κ1) is 18.2. The molecule has 0 aliphatic carbocycles. The van der Waals surface area contributed by atoms with E-state index in [1.165, 1.54) is 18.1 Å². The number of carbonyl (C=O) groups excluding carboxylic acids is 1. The highest BCUT2D eigenvalue weighted by atomic mass is 32.1. The summed E-state index contributed by atoms with van der Waals surface area (Å²) in [5, 5.41) is 13.0. The fourth-order valence-electron chi connectivity index (χ4n) is 3.60. The van der Waals surface area contributed by atoms with E-state index >= 15 is 0 Å². The Hall–Kier alpha value is -2.19. The number of rotatable bonds is 5. The number of anilines is 1. The van der Waals surface area contributed by atoms with E-state index in [1.54, 1.807) is 11.3 Å². The van der Waals surface area contributed by atoms with E-state index in [9.17, 15) is 4.79 Å². The van der Waals surface area contributed by atoms with Crippen molar-refractivity contribution < 1.29 is 9.53 Å². The molecule has 8 heteroatoms. The summed E-state index contributed by atoms with van der Waals surface area (Å²) in [6.07, 6.45) is 1.02. The van der Waals surface area contributed by atoms with Gasteiger partial charge in [-0.3, -0.25) is 9.69 Å². The number of ether oxygens (including phenoxy) is 1. The highest BCUT2D eigenvalue weighted by Gasteiger charge is 2.25. The van der Waals surface area contributed by atoms with E-state index in [0.29, 0.717) is 12.6 Å². The van der Waals surface area contributed by atoms with Gasteiger partial charge in [0, 0.05) is 45.6 Å². The van der Waals surface area contributed by atoms with Crippen LogP contribution >= 0.6 is 11.3 Å². The van der Waals surface area contributed by atoms with Crippen LogP contribution in [0.25, 0.3) is 0 Å². The second-order valence-corrected chi connectivity index (χ2v) is 8.09. The first-order valence-corrected chi connectivity index (χ1v) is 10.2. The van der Waals surface area contributed by atoms with Gasteiger partial charge in [-0.25, -0.2) is 0 Å². The van der Waals surface area contributed by atoms with Crippen molar-refractivity contribution in [2.24, 2.45) is 0 Å². The molecule has 7 nitrogen and oxygen atoms in total. The van der Waals surface area contributed by atoms with Gasteiger partial charge in [0.15, 0.2) is 0 Å². The van der Waals surface area contributed by atoms with E-state index in [1.807, 2.05) is 0 Å². The summed E-state index contributed by atoms with van der Waals surface area (Å²) in [7, 11) is 0. The summed E-state index contributed by atoms with van der Waals surface area (Å²) in [4.78, 5) is 15.8. The summed E-state index contributed by atoms with van der Waals surface area (Å²) in [5.41, 5.74) is 2.64. The number of nitrogens with zero attached hydrogens (tertiary/aromatic N) is 4. The van der Waals surface area contributed by atoms with Crippen LogP contribution in [-0.4, -0.2) is 53.8 Å². The molecule has 2 aliphatic heterocycles. The summed E-state index contributed by atoms with van der Waals surface area (Å²) >= 11 is 1.55. The third-order valence-electron chi connectivity index (χ3n) is 5.28. The predicted molar refractivity (Wildman–Crippen MR) is 105 cm³/mol. The Morgan fingerprint density at radius 1 is 1.30 bits per heavy atom. The third-order valence-corrected chi connectivity index (χ3v) is 6.26. The largest absolute Gasteiger partial charge is 0.493 e. The lowest BCUT2D eigenvalue weighted by molar-refractivity contribution is -0.119. The fraction of sp³-hybridized carbons (Fsp3) is 0.526. The number of benzene rings is 1. The normalized spacial score (nSPS) is 18.1. The van der Waals surface area contributed by atoms with Crippen molar-refractivity contribution in [1.82, 2.24) is 20.4 Å². The molecule has 3 heterocycles. The Morgan fingerprint density at radius 2 is 2.11 bits per heavy atom. The van der Waals surface area contributed by atoms with Crippen molar-refractivity contribution in [2.45, 2.75) is 32.9 Å². The van der Waals surface area contributed by atoms with Crippen LogP contribution in [0.1, 0.15) is 36.0 Å². The molecule has 1 atom stereocenters. The van der Waals surface area contributed by atoms with Crippen molar-refractivity contribution in [3.05, 3.63) is 34.3 Å². The lowest BCUT2D eigenvalue weighted by atomic mass is 10.0. The topological polar surface area (TPSA) is 70.6 Å². The van der Waals surface area contributed by atoms with Gasteiger partial charge in [-0.2, -0.15) is 0 Å². The minimum atomic E-state index is -0.0497. The lowest BCUT2D eigenvalue weighted by Crippen LogP contribution is -2.47. The van der Waals surface area contributed by atoms with Crippen LogP contribution in [0, 0.1) is 0 Å². The minimum absolute atomic E-state index is 0.0497. The van der Waals surface area contributed by atoms with Crippen LogP contribution < -0.4 is 15.0 Å². The van der Waals surface area contributed by atoms with E-state index in [2.05, 4.69) is 50.4 Å². The third kappa shape index (κ3) is 4.06. The van der Waals surface area contributed by atoms with Gasteiger partial charge in [0.1, 0.15) is 10.8 Å². The molecule has 0 bridgehead atoms. The minimum Gasteiger partial charge on any atom is -0.493 e. The molecule has 1 unspecified atom stereocenters. The number of hydrogen-bond acceptors (Lipinski definition) is 7. The average molecular weight is 388 g/mol. The first-order chi connectivity index (χ1) is 13.1. The maximum atomic E-state index is 11.0. The zero-order valence-electron chi connectivity index (χ0n) is 15.8. The Morgan fingerprint density at radius 3 is 2.89 bits per heavy atom. The summed E-state index contributed by atoms with van der Waals surface area (Å²) in [6.45, 7) is 8.86. The number of fused-ring (bicyclic) bond motifs is 1. The van der Waals surface area contributed by atoms with Crippen LogP contribution in [0.5, 0.6) is 5.75 Å². The molecule has 1 saturated heterocycles. The quantitative estimate of drug-likeness (QED) is 0.846. The van der Waals surface area contributed by atoms with Crippen LogP contribution in [0.4, 0.5) is 5.13 Å². The Balaban J connectivity index is 1.34. The fourth-order valence-corrected chi connectivity index (χ4v) is 4.43. The lowest BCUT2D eigenvalue weighted by Gasteiger charge is -2.38. The van der Waals surface area contributed by atoms with Gasteiger partial charge in [-0.05, 0) is 24.1 Å². The number of piperazine rings is 1. The smallest absolute Gasteiger partial charge is 0.217 e. The van der Waals surface area contributed by atoms with Crippen molar-refractivity contribution in [3.8, 4) is 5.75 Å². The number of hydrogen-bond donors (Lipinski definition) is 1. The number of amides is 1. The molecule has 27 heavy (non-hydrogen) atoms. The van der Waals surface area contributed by atoms with E-state index in [-0.39, 0.29) is 5.91 Å². The molecule has 1 fully saturated rings. The molecule has 4 rings (SSSR count). The SMILES string of the molecule is CC(=O)NCc1nnc(N2CCN(C(C)c3ccc4c(c3)OCC4)CC2)s1. The Bertz CT molecular complexity index is 816. The molecule has 0 radical (unpaired) electrons. The van der Waals surface area contributed by atoms with Gasteiger partial charge in [0.2, 0.25) is 11.0 Å². The summed E-state index contributed by atoms with van der Waals surface area (Å²) in [6, 6.07) is 7.02. The van der Waals surface area contributed by atoms with Gasteiger partial charge in [0.25, 0.3) is 0 Å². The van der Waals surface area contributed by atoms with Gasteiger partial charge in [-0.1, -0.05) is 23.5 Å². The van der Waals surface area contributed by atoms with E-state index in [0.717, 1.165) is 55.1 Å². The van der Waals surface area contributed by atoms with Gasteiger partial charge >= 0.3 is 0 Å². The Labute approximate surface area is 163 Å². The zero-order chi connectivity index (χ0) is 18.8. The van der Waals surface area contributed by atoms with Crippen molar-refractivity contribution in [3.63, 3.8) is 0 Å². The van der Waals surface area contributed by atoms with Gasteiger partial charge < -0.3 is 15.0 Å². The van der Waals surface area contributed by atoms with Crippen LogP contribution in [-0.2, 0) is 17.8 Å². The van der Waals surface area contributed by atoms with E-state index < -0.39 is 0 Å². The molecular weight excluding hydrogens is 362 g/mol. The molecular formula is C19H25N5O2S. The molecule has 1 aromatic carbocycles. The Kier molecular flexibility index (Phi) is 5.27. The summed E-state index contributed by atoms with van der Waals surface area (Å²) < 4.78 is 5.72. The molecule has 0 spiro atoms. The van der Waals surface area contributed by atoms with Crippen LogP contribution in [0.15, 0.2) is 18.2 Å². The highest BCUT2D eigenvalue weighted by molar-refractivity contribution is 7.15. The molecule has 144 valence electrons. The van der Waals surface area contributed by atoms with Gasteiger partial charge in [-0.15, -0.1) is 10.2 Å². The zero-order valence-corrected chi connectivity index (χ0v) is 16.6. The monoisotopic (exact) mass is 387 g/mol. The van der Waals surface area contributed by atoms with Gasteiger partial charge in [0.05, 0.1) is 13.2 Å². The highest BCUT2D eigenvalue weighted by Crippen LogP contribution is 2.31. The molecule has 2 aromatic rings. The van der Waals surface area contributed by atoms with Crippen molar-refractivity contribution in [2.75, 3.05) is 37.7 Å². The standard InChI is InChI=1S/C19H25N5O2S/c1-13(16-4-3-15-5-10-26-17(15)11-16)23-6-8-24(9-7-23)19-22-21-18(27-19)12-20-14(2)25/h3-4,11,13H,5-10,12H2,1-2H3,(H,20,25).